The van der Waals surface area contributed by atoms with Crippen LogP contribution in [0, 0.1) is 10.1 Å². The number of hydrogen-bond donors (Lipinski definition) is 1. The normalized spacial score (nSPS) is 10.4. The van der Waals surface area contributed by atoms with Gasteiger partial charge in [0.25, 0.3) is 0 Å². The third kappa shape index (κ3) is 3.91. The number of aromatic hydroxyl groups is 1. The lowest BCUT2D eigenvalue weighted by Crippen LogP contribution is -2.01. The number of carbonyl (C=O) groups is 2. The number of ether oxygens (including phenoxy) is 1. The third-order valence-electron chi connectivity index (χ3n) is 2.37. The molecule has 0 heterocycles. The molecule has 0 aliphatic rings. The second kappa shape index (κ2) is 7.03. The molecule has 0 saturated carbocycles. The van der Waals surface area contributed by atoms with Crippen molar-refractivity contribution in [3.63, 3.8) is 0 Å². The second-order valence-corrected chi connectivity index (χ2v) is 3.76. The van der Waals surface area contributed by atoms with Gasteiger partial charge in [0.2, 0.25) is 5.75 Å². The van der Waals surface area contributed by atoms with Gasteiger partial charge in [-0.1, -0.05) is 12.2 Å². The minimum Gasteiger partial charge on any atom is -0.502 e. The van der Waals surface area contributed by atoms with Crippen LogP contribution < -0.4 is 0 Å². The lowest BCUT2D eigenvalue weighted by molar-refractivity contribution is -0.385. The number of carbonyl (C=O) groups excluding carboxylic acids is 2. The number of nitro benzene ring substituents is 1. The van der Waals surface area contributed by atoms with E-state index in [1.54, 1.807) is 6.92 Å². The fourth-order valence-corrected chi connectivity index (χ4v) is 1.50. The van der Waals surface area contributed by atoms with Gasteiger partial charge in [0.15, 0.2) is 6.29 Å². The molecule has 0 fully saturated rings. The lowest BCUT2D eigenvalue weighted by atomic mass is 10.1. The highest BCUT2D eigenvalue weighted by molar-refractivity contribution is 5.84. The van der Waals surface area contributed by atoms with Gasteiger partial charge in [-0.25, -0.2) is 0 Å². The van der Waals surface area contributed by atoms with Gasteiger partial charge in [0, 0.05) is 6.07 Å². The molecular weight excluding hydrogens is 266 g/mol. The first kappa shape index (κ1) is 15.4. The summed E-state index contributed by atoms with van der Waals surface area (Å²) < 4.78 is 4.71. The Morgan fingerprint density at radius 2 is 2.20 bits per heavy atom. The van der Waals surface area contributed by atoms with Crippen molar-refractivity contribution < 1.29 is 24.4 Å². The number of rotatable bonds is 6. The van der Waals surface area contributed by atoms with E-state index in [1.807, 2.05) is 0 Å². The monoisotopic (exact) mass is 279 g/mol. The van der Waals surface area contributed by atoms with Crippen molar-refractivity contribution in [2.45, 2.75) is 13.3 Å². The van der Waals surface area contributed by atoms with E-state index in [0.29, 0.717) is 11.8 Å². The van der Waals surface area contributed by atoms with Gasteiger partial charge in [0.1, 0.15) is 0 Å². The zero-order valence-electron chi connectivity index (χ0n) is 10.7. The molecule has 7 heteroatoms. The van der Waals surface area contributed by atoms with Crippen LogP contribution in [-0.2, 0) is 9.53 Å². The Hall–Kier alpha value is -2.70. The molecular formula is C13H13NO6. The van der Waals surface area contributed by atoms with E-state index in [1.165, 1.54) is 18.2 Å². The van der Waals surface area contributed by atoms with Crippen LogP contribution in [0.15, 0.2) is 18.2 Å². The molecule has 1 N–H and O–H groups in total. The van der Waals surface area contributed by atoms with Gasteiger partial charge in [-0.2, -0.15) is 0 Å². The molecule has 0 aromatic heterocycles. The van der Waals surface area contributed by atoms with Crippen molar-refractivity contribution in [1.29, 1.82) is 0 Å². The Morgan fingerprint density at radius 1 is 1.50 bits per heavy atom. The summed E-state index contributed by atoms with van der Waals surface area (Å²) in [5, 5.41) is 20.2. The Bertz CT molecular complexity index is 564. The minimum atomic E-state index is -0.787. The summed E-state index contributed by atoms with van der Waals surface area (Å²) in [4.78, 5) is 31.8. The van der Waals surface area contributed by atoms with Crippen molar-refractivity contribution in [2.75, 3.05) is 6.61 Å². The number of benzene rings is 1. The van der Waals surface area contributed by atoms with Crippen LogP contribution in [-0.4, -0.2) is 28.9 Å². The molecule has 1 rings (SSSR count). The van der Waals surface area contributed by atoms with Gasteiger partial charge in [-0.15, -0.1) is 0 Å². The Morgan fingerprint density at radius 3 is 2.75 bits per heavy atom. The van der Waals surface area contributed by atoms with Crippen molar-refractivity contribution in [3.05, 3.63) is 39.4 Å². The molecule has 0 saturated heterocycles. The molecule has 0 unspecified atom stereocenters. The number of phenolic OH excluding ortho intramolecular Hbond substituents is 1. The maximum Gasteiger partial charge on any atom is 0.312 e. The molecule has 0 aliphatic heterocycles. The number of nitrogens with zero attached hydrogens (tertiary/aromatic N) is 1. The van der Waals surface area contributed by atoms with E-state index in [-0.39, 0.29) is 18.6 Å². The molecule has 20 heavy (non-hydrogen) atoms. The lowest BCUT2D eigenvalue weighted by Gasteiger charge is -2.01. The Kier molecular flexibility index (Phi) is 5.40. The molecule has 0 spiro atoms. The van der Waals surface area contributed by atoms with E-state index < -0.39 is 22.3 Å². The highest BCUT2D eigenvalue weighted by Crippen LogP contribution is 2.30. The number of phenols is 1. The van der Waals surface area contributed by atoms with Gasteiger partial charge < -0.3 is 9.84 Å². The minimum absolute atomic E-state index is 0.0128. The van der Waals surface area contributed by atoms with Gasteiger partial charge >= 0.3 is 11.7 Å². The Labute approximate surface area is 114 Å². The summed E-state index contributed by atoms with van der Waals surface area (Å²) in [6.45, 7) is 1.95. The molecule has 0 aliphatic carbocycles. The van der Waals surface area contributed by atoms with Crippen LogP contribution in [0.4, 0.5) is 5.69 Å². The van der Waals surface area contributed by atoms with E-state index in [2.05, 4.69) is 0 Å². The highest BCUT2D eigenvalue weighted by atomic mass is 16.6. The molecule has 1 aromatic rings. The fraction of sp³-hybridized carbons (Fsp3) is 0.231. The quantitative estimate of drug-likeness (QED) is 0.370. The van der Waals surface area contributed by atoms with Crippen LogP contribution in [0.5, 0.6) is 5.75 Å². The zero-order chi connectivity index (χ0) is 15.1. The molecule has 7 nitrogen and oxygen atoms in total. The zero-order valence-corrected chi connectivity index (χ0v) is 10.7. The SMILES string of the molecule is CCOC(=O)CC=Cc1cc(C=O)c(O)c([N+](=O)[O-])c1. The Balaban J connectivity index is 2.98. The van der Waals surface area contributed by atoms with Crippen LogP contribution in [0.3, 0.4) is 0 Å². The largest absolute Gasteiger partial charge is 0.502 e. The predicted octanol–water partition coefficient (Wildman–Crippen LogP) is 2.08. The first-order valence-corrected chi connectivity index (χ1v) is 5.78. The van der Waals surface area contributed by atoms with Crippen molar-refractivity contribution in [2.24, 2.45) is 0 Å². The summed E-state index contributed by atoms with van der Waals surface area (Å²) in [7, 11) is 0. The van der Waals surface area contributed by atoms with E-state index >= 15 is 0 Å². The summed E-state index contributed by atoms with van der Waals surface area (Å²) in [5.41, 5.74) is -0.415. The van der Waals surface area contributed by atoms with Crippen molar-refractivity contribution in [1.82, 2.24) is 0 Å². The maximum atomic E-state index is 11.1. The van der Waals surface area contributed by atoms with Crippen LogP contribution in [0.1, 0.15) is 29.3 Å². The van der Waals surface area contributed by atoms with E-state index in [4.69, 9.17) is 4.74 Å². The molecule has 0 radical (unpaired) electrons. The van der Waals surface area contributed by atoms with Gasteiger partial charge in [-0.3, -0.25) is 19.7 Å². The summed E-state index contributed by atoms with van der Waals surface area (Å²) >= 11 is 0. The summed E-state index contributed by atoms with van der Waals surface area (Å²) in [5.74, 6) is -1.10. The predicted molar refractivity (Wildman–Crippen MR) is 70.4 cm³/mol. The van der Waals surface area contributed by atoms with E-state index in [9.17, 15) is 24.8 Å². The first-order chi connectivity index (χ1) is 9.49. The van der Waals surface area contributed by atoms with E-state index in [0.717, 1.165) is 6.07 Å². The fourth-order valence-electron chi connectivity index (χ4n) is 1.50. The van der Waals surface area contributed by atoms with Gasteiger partial charge in [0.05, 0.1) is 23.5 Å². The highest BCUT2D eigenvalue weighted by Gasteiger charge is 2.17. The summed E-state index contributed by atoms with van der Waals surface area (Å²) in [6.07, 6.45) is 3.24. The number of hydrogen-bond acceptors (Lipinski definition) is 6. The summed E-state index contributed by atoms with van der Waals surface area (Å²) in [6, 6.07) is 2.40. The molecule has 0 amide bonds. The number of esters is 1. The standard InChI is InChI=1S/C13H13NO6/c1-2-20-12(16)5-3-4-9-6-10(8-15)13(17)11(7-9)14(18)19/h3-4,6-8,17H,2,5H2,1H3. The maximum absolute atomic E-state index is 11.1. The first-order valence-electron chi connectivity index (χ1n) is 5.78. The number of aldehydes is 1. The average molecular weight is 279 g/mol. The van der Waals surface area contributed by atoms with Crippen LogP contribution in [0.25, 0.3) is 6.08 Å². The second-order valence-electron chi connectivity index (χ2n) is 3.76. The average Bonchev–Trinajstić information content (AvgIpc) is 2.40. The van der Waals surface area contributed by atoms with Crippen LogP contribution in [0.2, 0.25) is 0 Å². The van der Waals surface area contributed by atoms with Crippen molar-refractivity contribution in [3.8, 4) is 5.75 Å². The molecule has 0 atom stereocenters. The molecule has 106 valence electrons. The topological polar surface area (TPSA) is 107 Å². The molecule has 1 aromatic carbocycles. The third-order valence-corrected chi connectivity index (χ3v) is 2.37. The molecule has 0 bridgehead atoms. The number of nitro groups is 1. The smallest absolute Gasteiger partial charge is 0.312 e. The van der Waals surface area contributed by atoms with Crippen LogP contribution >= 0.6 is 0 Å². The van der Waals surface area contributed by atoms with Gasteiger partial charge in [-0.05, 0) is 18.6 Å². The van der Waals surface area contributed by atoms with Crippen molar-refractivity contribution >= 4 is 24.0 Å².